The third-order valence-corrected chi connectivity index (χ3v) is 4.97. The predicted octanol–water partition coefficient (Wildman–Crippen LogP) is 3.38. The summed E-state index contributed by atoms with van der Waals surface area (Å²) in [5, 5.41) is 0. The molecule has 0 atom stereocenters. The minimum atomic E-state index is -0.311. The van der Waals surface area contributed by atoms with Crippen molar-refractivity contribution in [3.05, 3.63) is 11.6 Å². The standard InChI is InChI=1S/C16H24O3/c1-2-3-4-13-11-15(12-14(13)17)5-7-16(8-6-15)18-9-10-19-16/h11H,2-10,12H2,1H3. The summed E-state index contributed by atoms with van der Waals surface area (Å²) in [4.78, 5) is 12.1. The van der Waals surface area contributed by atoms with E-state index in [1.807, 2.05) is 0 Å². The van der Waals surface area contributed by atoms with Crippen molar-refractivity contribution in [2.45, 2.75) is 64.1 Å². The zero-order valence-electron chi connectivity index (χ0n) is 11.9. The maximum atomic E-state index is 12.1. The molecule has 2 fully saturated rings. The number of carbonyl (C=O) groups is 1. The maximum absolute atomic E-state index is 12.1. The van der Waals surface area contributed by atoms with Crippen molar-refractivity contribution in [3.8, 4) is 0 Å². The molecule has 1 saturated heterocycles. The van der Waals surface area contributed by atoms with Gasteiger partial charge in [0.05, 0.1) is 13.2 Å². The highest BCUT2D eigenvalue weighted by molar-refractivity contribution is 5.98. The minimum Gasteiger partial charge on any atom is -0.348 e. The van der Waals surface area contributed by atoms with E-state index in [1.165, 1.54) is 0 Å². The maximum Gasteiger partial charge on any atom is 0.168 e. The van der Waals surface area contributed by atoms with Crippen LogP contribution in [0.3, 0.4) is 0 Å². The van der Waals surface area contributed by atoms with Gasteiger partial charge in [0.25, 0.3) is 0 Å². The molecule has 0 aromatic rings. The topological polar surface area (TPSA) is 35.5 Å². The van der Waals surface area contributed by atoms with E-state index in [1.54, 1.807) is 0 Å². The molecule has 19 heavy (non-hydrogen) atoms. The van der Waals surface area contributed by atoms with Crippen LogP contribution in [0.2, 0.25) is 0 Å². The summed E-state index contributed by atoms with van der Waals surface area (Å²) in [5.74, 6) is 0.0755. The average Bonchev–Trinajstić information content (AvgIpc) is 2.98. The first-order valence-electron chi connectivity index (χ1n) is 7.70. The number of ketones is 1. The van der Waals surface area contributed by atoms with Crippen molar-refractivity contribution in [2.75, 3.05) is 13.2 Å². The van der Waals surface area contributed by atoms with E-state index in [9.17, 15) is 4.79 Å². The lowest BCUT2D eigenvalue weighted by Gasteiger charge is -2.40. The molecule has 3 rings (SSSR count). The molecule has 106 valence electrons. The average molecular weight is 264 g/mol. The third kappa shape index (κ3) is 2.50. The monoisotopic (exact) mass is 264 g/mol. The first kappa shape index (κ1) is 13.3. The number of hydrogen-bond donors (Lipinski definition) is 0. The largest absolute Gasteiger partial charge is 0.348 e. The van der Waals surface area contributed by atoms with Gasteiger partial charge in [0.1, 0.15) is 0 Å². The van der Waals surface area contributed by atoms with E-state index >= 15 is 0 Å². The van der Waals surface area contributed by atoms with E-state index < -0.39 is 0 Å². The quantitative estimate of drug-likeness (QED) is 0.784. The Morgan fingerprint density at radius 2 is 1.84 bits per heavy atom. The van der Waals surface area contributed by atoms with Gasteiger partial charge in [-0.2, -0.15) is 0 Å². The molecule has 3 nitrogen and oxygen atoms in total. The number of carbonyl (C=O) groups excluding carboxylic acids is 1. The molecule has 1 saturated carbocycles. The van der Waals surface area contributed by atoms with Gasteiger partial charge in [0.15, 0.2) is 11.6 Å². The normalized spacial score (nSPS) is 28.3. The molecule has 2 aliphatic carbocycles. The first-order chi connectivity index (χ1) is 9.17. The summed E-state index contributed by atoms with van der Waals surface area (Å²) in [6.45, 7) is 3.63. The molecule has 1 aliphatic heterocycles. The van der Waals surface area contributed by atoms with Gasteiger partial charge in [-0.05, 0) is 36.7 Å². The van der Waals surface area contributed by atoms with Crippen molar-refractivity contribution < 1.29 is 14.3 Å². The summed E-state index contributed by atoms with van der Waals surface area (Å²) >= 11 is 0. The second kappa shape index (κ2) is 5.02. The molecule has 3 aliphatic rings. The molecule has 0 unspecified atom stereocenters. The third-order valence-electron chi connectivity index (χ3n) is 4.97. The number of ether oxygens (including phenoxy) is 2. The summed E-state index contributed by atoms with van der Waals surface area (Å²) in [5.41, 5.74) is 1.21. The van der Waals surface area contributed by atoms with Crippen LogP contribution in [-0.2, 0) is 14.3 Å². The van der Waals surface area contributed by atoms with Crippen LogP contribution in [0.1, 0.15) is 58.3 Å². The highest BCUT2D eigenvalue weighted by Crippen LogP contribution is 2.51. The van der Waals surface area contributed by atoms with Crippen LogP contribution in [0.15, 0.2) is 11.6 Å². The molecule has 1 heterocycles. The lowest BCUT2D eigenvalue weighted by molar-refractivity contribution is -0.188. The smallest absolute Gasteiger partial charge is 0.168 e. The van der Waals surface area contributed by atoms with Gasteiger partial charge in [-0.15, -0.1) is 0 Å². The van der Waals surface area contributed by atoms with E-state index in [0.717, 1.165) is 70.2 Å². The highest BCUT2D eigenvalue weighted by atomic mass is 16.7. The van der Waals surface area contributed by atoms with Gasteiger partial charge in [-0.3, -0.25) is 4.79 Å². The van der Waals surface area contributed by atoms with Gasteiger partial charge in [0.2, 0.25) is 0 Å². The zero-order chi connectivity index (χ0) is 13.3. The molecule has 3 heteroatoms. The summed E-state index contributed by atoms with van der Waals surface area (Å²) in [6.07, 6.45) is 10.2. The molecule has 0 aromatic carbocycles. The van der Waals surface area contributed by atoms with Gasteiger partial charge in [-0.25, -0.2) is 0 Å². The number of hydrogen-bond acceptors (Lipinski definition) is 3. The molecule has 2 spiro atoms. The molecular formula is C16H24O3. The summed E-state index contributed by atoms with van der Waals surface area (Å²) in [6, 6.07) is 0. The van der Waals surface area contributed by atoms with Crippen molar-refractivity contribution in [2.24, 2.45) is 5.41 Å². The van der Waals surface area contributed by atoms with Crippen LogP contribution < -0.4 is 0 Å². The zero-order valence-corrected chi connectivity index (χ0v) is 11.9. The van der Waals surface area contributed by atoms with Crippen LogP contribution in [0.5, 0.6) is 0 Å². The van der Waals surface area contributed by atoms with Crippen LogP contribution >= 0.6 is 0 Å². The number of unbranched alkanes of at least 4 members (excludes halogenated alkanes) is 1. The van der Waals surface area contributed by atoms with E-state index in [0.29, 0.717) is 5.78 Å². The van der Waals surface area contributed by atoms with E-state index in [4.69, 9.17) is 9.47 Å². The fourth-order valence-electron chi connectivity index (χ4n) is 3.75. The fourth-order valence-corrected chi connectivity index (χ4v) is 3.75. The van der Waals surface area contributed by atoms with Gasteiger partial charge < -0.3 is 9.47 Å². The molecule has 0 radical (unpaired) electrons. The van der Waals surface area contributed by atoms with Gasteiger partial charge in [0, 0.05) is 19.3 Å². The first-order valence-corrected chi connectivity index (χ1v) is 7.70. The molecule has 0 N–H and O–H groups in total. The van der Waals surface area contributed by atoms with Crippen molar-refractivity contribution in [1.82, 2.24) is 0 Å². The predicted molar refractivity (Wildman–Crippen MR) is 72.8 cm³/mol. The Labute approximate surface area is 115 Å². The van der Waals surface area contributed by atoms with Crippen molar-refractivity contribution in [3.63, 3.8) is 0 Å². The SMILES string of the molecule is CCCCC1=CC2(CCC3(CC2)OCCO3)CC1=O. The van der Waals surface area contributed by atoms with Crippen molar-refractivity contribution >= 4 is 5.78 Å². The van der Waals surface area contributed by atoms with Gasteiger partial charge in [-0.1, -0.05) is 19.4 Å². The Balaban J connectivity index is 1.66. The summed E-state index contributed by atoms with van der Waals surface area (Å²) in [7, 11) is 0. The molecular weight excluding hydrogens is 240 g/mol. The molecule has 0 amide bonds. The fraction of sp³-hybridized carbons (Fsp3) is 0.812. The minimum absolute atomic E-state index is 0.126. The highest BCUT2D eigenvalue weighted by Gasteiger charge is 2.48. The Hall–Kier alpha value is -0.670. The lowest BCUT2D eigenvalue weighted by Crippen LogP contribution is -2.38. The van der Waals surface area contributed by atoms with Crippen LogP contribution in [-0.4, -0.2) is 24.8 Å². The van der Waals surface area contributed by atoms with Gasteiger partial charge >= 0.3 is 0 Å². The Bertz CT molecular complexity index is 381. The number of rotatable bonds is 3. The van der Waals surface area contributed by atoms with Crippen molar-refractivity contribution in [1.29, 1.82) is 0 Å². The van der Waals surface area contributed by atoms with E-state index in [2.05, 4.69) is 13.0 Å². The summed E-state index contributed by atoms with van der Waals surface area (Å²) < 4.78 is 11.5. The van der Waals surface area contributed by atoms with Crippen LogP contribution in [0.25, 0.3) is 0 Å². The second-order valence-electron chi connectivity index (χ2n) is 6.34. The van der Waals surface area contributed by atoms with E-state index in [-0.39, 0.29) is 11.2 Å². The lowest BCUT2D eigenvalue weighted by atomic mass is 9.71. The molecule has 0 bridgehead atoms. The number of allylic oxidation sites excluding steroid dienone is 2. The van der Waals surface area contributed by atoms with Crippen LogP contribution in [0, 0.1) is 5.41 Å². The Kier molecular flexibility index (Phi) is 3.52. The second-order valence-corrected chi connectivity index (χ2v) is 6.34. The Morgan fingerprint density at radius 3 is 2.47 bits per heavy atom. The Morgan fingerprint density at radius 1 is 1.16 bits per heavy atom. The molecule has 0 aromatic heterocycles. The van der Waals surface area contributed by atoms with Crippen LogP contribution in [0.4, 0.5) is 0 Å². The number of Topliss-reactive ketones (excluding diaryl/α,β-unsaturated/α-hetero) is 1.